The quantitative estimate of drug-likeness (QED) is 0.170. The van der Waals surface area contributed by atoms with Crippen LogP contribution in [0.15, 0.2) is 119 Å². The van der Waals surface area contributed by atoms with Gasteiger partial charge in [-0.25, -0.2) is 4.79 Å². The van der Waals surface area contributed by atoms with Crippen LogP contribution in [0.5, 0.6) is 0 Å². The molecular formula is C31H28BrN5OS. The van der Waals surface area contributed by atoms with Crippen molar-refractivity contribution in [2.75, 3.05) is 5.32 Å². The molecule has 0 saturated heterocycles. The van der Waals surface area contributed by atoms with Gasteiger partial charge in [0.1, 0.15) is 0 Å². The number of nitrogens with zero attached hydrogens (tertiary/aromatic N) is 3. The standard InChI is InChI=1S/C31H28BrN5OS/c1-22-16-18-25(19-17-22)37-29(35-36-31(37)39-21-24-12-6-3-7-13-24)28(20-23-10-4-2-5-11-23)34-30(38)33-27-15-9-8-14-26(27)32/h2-19,28H,20-21H2,1H3,(H2,33,34,38). The van der Waals surface area contributed by atoms with Crippen molar-refractivity contribution in [1.29, 1.82) is 0 Å². The number of benzene rings is 4. The number of hydrogen-bond donors (Lipinski definition) is 2. The Morgan fingerprint density at radius 1 is 0.846 bits per heavy atom. The highest BCUT2D eigenvalue weighted by Gasteiger charge is 2.25. The number of para-hydroxylation sites is 1. The lowest BCUT2D eigenvalue weighted by Gasteiger charge is -2.21. The molecule has 4 aromatic carbocycles. The summed E-state index contributed by atoms with van der Waals surface area (Å²) in [6.07, 6.45) is 0.553. The largest absolute Gasteiger partial charge is 0.327 e. The molecule has 6 nitrogen and oxygen atoms in total. The lowest BCUT2D eigenvalue weighted by molar-refractivity contribution is 0.247. The zero-order valence-electron chi connectivity index (χ0n) is 21.4. The van der Waals surface area contributed by atoms with Crippen LogP contribution in [-0.2, 0) is 12.2 Å². The maximum atomic E-state index is 13.2. The van der Waals surface area contributed by atoms with E-state index in [-0.39, 0.29) is 6.03 Å². The number of urea groups is 1. The number of hydrogen-bond acceptors (Lipinski definition) is 4. The second-order valence-corrected chi connectivity index (χ2v) is 10.9. The number of anilines is 1. The number of nitrogens with one attached hydrogen (secondary N) is 2. The van der Waals surface area contributed by atoms with E-state index < -0.39 is 6.04 Å². The molecule has 1 unspecified atom stereocenters. The number of carbonyl (C=O) groups is 1. The zero-order valence-corrected chi connectivity index (χ0v) is 23.8. The molecule has 0 aliphatic rings. The highest BCUT2D eigenvalue weighted by atomic mass is 79.9. The molecule has 0 aliphatic carbocycles. The summed E-state index contributed by atoms with van der Waals surface area (Å²) in [5.41, 5.74) is 5.09. The van der Waals surface area contributed by atoms with Gasteiger partial charge in [-0.05, 0) is 58.2 Å². The molecule has 0 aliphatic heterocycles. The molecule has 1 atom stereocenters. The molecule has 5 rings (SSSR count). The Bertz CT molecular complexity index is 1520. The van der Waals surface area contributed by atoms with E-state index in [9.17, 15) is 4.79 Å². The van der Waals surface area contributed by atoms with Gasteiger partial charge < -0.3 is 10.6 Å². The summed E-state index contributed by atoms with van der Waals surface area (Å²) in [7, 11) is 0. The van der Waals surface area contributed by atoms with E-state index in [1.807, 2.05) is 60.7 Å². The van der Waals surface area contributed by atoms with E-state index in [1.54, 1.807) is 11.8 Å². The van der Waals surface area contributed by atoms with Crippen LogP contribution >= 0.6 is 27.7 Å². The molecule has 2 N–H and O–H groups in total. The molecule has 1 aromatic heterocycles. The van der Waals surface area contributed by atoms with Gasteiger partial charge in [-0.1, -0.05) is 102 Å². The first-order chi connectivity index (χ1) is 19.1. The molecule has 2 amide bonds. The minimum absolute atomic E-state index is 0.320. The van der Waals surface area contributed by atoms with Gasteiger partial charge >= 0.3 is 6.03 Å². The fourth-order valence-corrected chi connectivity index (χ4v) is 5.49. The Hall–Kier alpha value is -3.88. The average Bonchev–Trinajstić information content (AvgIpc) is 3.38. The van der Waals surface area contributed by atoms with Crippen LogP contribution in [0.4, 0.5) is 10.5 Å². The van der Waals surface area contributed by atoms with Crippen LogP contribution in [0.3, 0.4) is 0 Å². The number of thioether (sulfide) groups is 1. The fraction of sp³-hybridized carbons (Fsp3) is 0.129. The van der Waals surface area contributed by atoms with E-state index in [0.717, 1.165) is 26.6 Å². The van der Waals surface area contributed by atoms with Gasteiger partial charge in [0.25, 0.3) is 0 Å². The Balaban J connectivity index is 1.50. The minimum atomic E-state index is -0.435. The first-order valence-corrected chi connectivity index (χ1v) is 14.4. The van der Waals surface area contributed by atoms with Gasteiger partial charge in [0, 0.05) is 22.3 Å². The second kappa shape index (κ2) is 12.8. The monoisotopic (exact) mass is 597 g/mol. The normalized spacial score (nSPS) is 11.6. The number of aromatic nitrogens is 3. The van der Waals surface area contributed by atoms with E-state index >= 15 is 0 Å². The lowest BCUT2D eigenvalue weighted by atomic mass is 10.1. The smallest absolute Gasteiger partial charge is 0.319 e. The van der Waals surface area contributed by atoms with Gasteiger partial charge in [0.05, 0.1) is 11.7 Å². The van der Waals surface area contributed by atoms with Gasteiger partial charge in [-0.2, -0.15) is 0 Å². The Morgan fingerprint density at radius 3 is 2.18 bits per heavy atom. The summed E-state index contributed by atoms with van der Waals surface area (Å²) in [6, 6.07) is 35.4. The Kier molecular flexibility index (Phi) is 8.75. The van der Waals surface area contributed by atoms with E-state index in [2.05, 4.69) is 96.8 Å². The lowest BCUT2D eigenvalue weighted by Crippen LogP contribution is -2.35. The van der Waals surface area contributed by atoms with Gasteiger partial charge in [-0.3, -0.25) is 4.57 Å². The summed E-state index contributed by atoms with van der Waals surface area (Å²) in [6.45, 7) is 2.06. The SMILES string of the molecule is Cc1ccc(-n2c(SCc3ccccc3)nnc2C(Cc2ccccc2)NC(=O)Nc2ccccc2Br)cc1. The molecule has 196 valence electrons. The third-order valence-corrected chi connectivity index (χ3v) is 7.87. The van der Waals surface area contributed by atoms with Crippen LogP contribution in [0, 0.1) is 6.92 Å². The Labute approximate surface area is 241 Å². The average molecular weight is 599 g/mol. The molecule has 0 spiro atoms. The van der Waals surface area contributed by atoms with Crippen molar-refractivity contribution in [1.82, 2.24) is 20.1 Å². The van der Waals surface area contributed by atoms with Crippen LogP contribution < -0.4 is 10.6 Å². The summed E-state index contributed by atoms with van der Waals surface area (Å²) >= 11 is 5.13. The predicted molar refractivity (Wildman–Crippen MR) is 161 cm³/mol. The summed E-state index contributed by atoms with van der Waals surface area (Å²) in [4.78, 5) is 13.2. The predicted octanol–water partition coefficient (Wildman–Crippen LogP) is 7.74. The molecule has 0 saturated carbocycles. The first kappa shape index (κ1) is 26.7. The van der Waals surface area contributed by atoms with Gasteiger partial charge in [0.15, 0.2) is 11.0 Å². The van der Waals surface area contributed by atoms with Crippen molar-refractivity contribution in [2.24, 2.45) is 0 Å². The maximum absolute atomic E-state index is 13.2. The molecule has 1 heterocycles. The number of aryl methyl sites for hydroxylation is 1. The molecule has 0 radical (unpaired) electrons. The topological polar surface area (TPSA) is 71.8 Å². The van der Waals surface area contributed by atoms with Crippen molar-refractivity contribution in [2.45, 2.75) is 30.3 Å². The van der Waals surface area contributed by atoms with Crippen LogP contribution in [0.25, 0.3) is 5.69 Å². The maximum Gasteiger partial charge on any atom is 0.319 e. The van der Waals surface area contributed by atoms with Crippen molar-refractivity contribution in [3.63, 3.8) is 0 Å². The van der Waals surface area contributed by atoms with Gasteiger partial charge in [0.2, 0.25) is 0 Å². The van der Waals surface area contributed by atoms with E-state index in [4.69, 9.17) is 0 Å². The Morgan fingerprint density at radius 2 is 1.49 bits per heavy atom. The zero-order chi connectivity index (χ0) is 27.0. The van der Waals surface area contributed by atoms with Crippen molar-refractivity contribution < 1.29 is 4.79 Å². The number of halogens is 1. The summed E-state index contributed by atoms with van der Waals surface area (Å²) in [5.74, 6) is 1.42. The molecule has 8 heteroatoms. The van der Waals surface area contributed by atoms with Crippen LogP contribution in [0.1, 0.15) is 28.6 Å². The molecule has 0 bridgehead atoms. The molecular weight excluding hydrogens is 570 g/mol. The number of rotatable bonds is 9. The first-order valence-electron chi connectivity index (χ1n) is 12.6. The van der Waals surface area contributed by atoms with Crippen molar-refractivity contribution >= 4 is 39.4 Å². The fourth-order valence-electron chi connectivity index (χ4n) is 4.19. The van der Waals surface area contributed by atoms with E-state index in [0.29, 0.717) is 17.9 Å². The molecule has 39 heavy (non-hydrogen) atoms. The second-order valence-electron chi connectivity index (χ2n) is 9.11. The van der Waals surface area contributed by atoms with Crippen molar-refractivity contribution in [3.05, 3.63) is 136 Å². The van der Waals surface area contributed by atoms with Crippen LogP contribution in [-0.4, -0.2) is 20.8 Å². The number of amides is 2. The highest BCUT2D eigenvalue weighted by molar-refractivity contribution is 9.10. The molecule has 5 aromatic rings. The van der Waals surface area contributed by atoms with Crippen molar-refractivity contribution in [3.8, 4) is 5.69 Å². The third-order valence-electron chi connectivity index (χ3n) is 6.18. The minimum Gasteiger partial charge on any atom is -0.327 e. The van der Waals surface area contributed by atoms with Gasteiger partial charge in [-0.15, -0.1) is 10.2 Å². The highest BCUT2D eigenvalue weighted by Crippen LogP contribution is 2.29. The summed E-state index contributed by atoms with van der Waals surface area (Å²) in [5, 5.41) is 16.1. The third kappa shape index (κ3) is 6.96. The van der Waals surface area contributed by atoms with Crippen LogP contribution in [0.2, 0.25) is 0 Å². The molecule has 0 fully saturated rings. The summed E-state index contributed by atoms with van der Waals surface area (Å²) < 4.78 is 2.86. The number of carbonyl (C=O) groups excluding carboxylic acids is 1. The van der Waals surface area contributed by atoms with E-state index in [1.165, 1.54) is 11.1 Å².